The first-order valence-electron chi connectivity index (χ1n) is 9.16. The number of nitrogens with zero attached hydrogens (tertiary/aromatic N) is 1. The van der Waals surface area contributed by atoms with Crippen LogP contribution in [-0.4, -0.2) is 43.4 Å². The summed E-state index contributed by atoms with van der Waals surface area (Å²) < 4.78 is 5.15. The van der Waals surface area contributed by atoms with Crippen LogP contribution in [0.3, 0.4) is 0 Å². The zero-order chi connectivity index (χ0) is 19.0. The van der Waals surface area contributed by atoms with Crippen LogP contribution in [0, 0.1) is 24.7 Å². The molecule has 1 N–H and O–H groups in total. The fourth-order valence-corrected chi connectivity index (χ4v) is 5.45. The Balaban J connectivity index is 1.89. The molecule has 0 aromatic carbocycles. The number of carbonyl (C=O) groups excluding carboxylic acids is 3. The smallest absolute Gasteiger partial charge is 0.341 e. The quantitative estimate of drug-likeness (QED) is 0.798. The molecular weight excluding hydrogens is 352 g/mol. The summed E-state index contributed by atoms with van der Waals surface area (Å²) >= 11 is 1.16. The Morgan fingerprint density at radius 1 is 1.23 bits per heavy atom. The minimum atomic E-state index is -0.498. The summed E-state index contributed by atoms with van der Waals surface area (Å²) in [4.78, 5) is 39.6. The van der Waals surface area contributed by atoms with E-state index in [4.69, 9.17) is 4.74 Å². The average molecular weight is 378 g/mol. The topological polar surface area (TPSA) is 75.7 Å². The van der Waals surface area contributed by atoms with Crippen LogP contribution in [-0.2, 0) is 9.53 Å². The highest BCUT2D eigenvalue weighted by Gasteiger charge is 2.43. The number of hydrogen-bond acceptors (Lipinski definition) is 5. The number of ether oxygens (including phenoxy) is 1. The highest BCUT2D eigenvalue weighted by atomic mass is 32.1. The minimum absolute atomic E-state index is 0.0131. The fraction of sp³-hybridized carbons (Fsp3) is 0.632. The first-order chi connectivity index (χ1) is 12.3. The van der Waals surface area contributed by atoms with E-state index in [0.717, 1.165) is 30.6 Å². The van der Waals surface area contributed by atoms with Crippen molar-refractivity contribution < 1.29 is 19.1 Å². The van der Waals surface area contributed by atoms with Crippen LogP contribution >= 0.6 is 11.3 Å². The summed E-state index contributed by atoms with van der Waals surface area (Å²) in [6.07, 6.45) is 4.40. The van der Waals surface area contributed by atoms with E-state index < -0.39 is 5.97 Å². The number of thiophene rings is 1. The van der Waals surface area contributed by atoms with Gasteiger partial charge in [-0.25, -0.2) is 4.79 Å². The molecule has 0 radical (unpaired) electrons. The van der Waals surface area contributed by atoms with Crippen molar-refractivity contribution >= 4 is 34.1 Å². The van der Waals surface area contributed by atoms with Crippen LogP contribution in [0.25, 0.3) is 0 Å². The zero-order valence-corrected chi connectivity index (χ0v) is 16.6. The molecule has 1 heterocycles. The number of amides is 2. The van der Waals surface area contributed by atoms with Gasteiger partial charge < -0.3 is 15.0 Å². The number of nitrogens with one attached hydrogen (secondary N) is 1. The lowest BCUT2D eigenvalue weighted by molar-refractivity contribution is -0.121. The van der Waals surface area contributed by atoms with Crippen molar-refractivity contribution in [2.75, 3.05) is 26.0 Å². The van der Waals surface area contributed by atoms with Gasteiger partial charge in [-0.3, -0.25) is 9.59 Å². The van der Waals surface area contributed by atoms with Gasteiger partial charge in [-0.2, -0.15) is 0 Å². The molecule has 2 aliphatic rings. The third kappa shape index (κ3) is 3.37. The van der Waals surface area contributed by atoms with Gasteiger partial charge in [0.05, 0.1) is 17.0 Å². The highest BCUT2D eigenvalue weighted by Crippen LogP contribution is 2.49. The molecular formula is C19H26N2O4S. The molecule has 2 fully saturated rings. The van der Waals surface area contributed by atoms with Gasteiger partial charge in [-0.15, -0.1) is 11.3 Å². The molecule has 0 unspecified atom stereocenters. The van der Waals surface area contributed by atoms with E-state index in [-0.39, 0.29) is 24.3 Å². The molecule has 6 nitrogen and oxygen atoms in total. The Bertz CT molecular complexity index is 740. The van der Waals surface area contributed by atoms with Gasteiger partial charge in [0.1, 0.15) is 5.00 Å². The van der Waals surface area contributed by atoms with Crippen molar-refractivity contribution in [1.82, 2.24) is 4.90 Å². The lowest BCUT2D eigenvalue weighted by Gasteiger charge is -2.20. The molecule has 2 bridgehead atoms. The lowest BCUT2D eigenvalue weighted by Crippen LogP contribution is -2.27. The minimum Gasteiger partial charge on any atom is -0.462 e. The molecule has 0 spiro atoms. The Hall–Kier alpha value is -1.89. The number of esters is 1. The second kappa shape index (κ2) is 7.39. The van der Waals surface area contributed by atoms with Crippen LogP contribution in [0.4, 0.5) is 5.00 Å². The maximum atomic E-state index is 12.8. The van der Waals surface area contributed by atoms with Crippen LogP contribution in [0.2, 0.25) is 0 Å². The van der Waals surface area contributed by atoms with E-state index in [1.807, 2.05) is 0 Å². The van der Waals surface area contributed by atoms with E-state index in [9.17, 15) is 14.4 Å². The third-order valence-corrected chi connectivity index (χ3v) is 6.73. The van der Waals surface area contributed by atoms with E-state index >= 15 is 0 Å². The third-order valence-electron chi connectivity index (χ3n) is 5.54. The van der Waals surface area contributed by atoms with Crippen LogP contribution < -0.4 is 5.32 Å². The maximum Gasteiger partial charge on any atom is 0.341 e. The predicted molar refractivity (Wildman–Crippen MR) is 101 cm³/mol. The van der Waals surface area contributed by atoms with E-state index in [2.05, 4.69) is 5.32 Å². The Kier molecular flexibility index (Phi) is 5.37. The van der Waals surface area contributed by atoms with Gasteiger partial charge in [0.2, 0.25) is 5.91 Å². The zero-order valence-electron chi connectivity index (χ0n) is 15.8. The van der Waals surface area contributed by atoms with E-state index in [1.54, 1.807) is 27.9 Å². The average Bonchev–Trinajstić information content (AvgIpc) is 3.28. The van der Waals surface area contributed by atoms with Crippen molar-refractivity contribution in [3.63, 3.8) is 0 Å². The first-order valence-corrected chi connectivity index (χ1v) is 9.98. The van der Waals surface area contributed by atoms with Crippen molar-refractivity contribution in [2.45, 2.75) is 39.5 Å². The maximum absolute atomic E-state index is 12.8. The molecule has 142 valence electrons. The summed E-state index contributed by atoms with van der Waals surface area (Å²) in [5.41, 5.74) is 0.869. The fourth-order valence-electron chi connectivity index (χ4n) is 4.23. The molecule has 0 saturated heterocycles. The van der Waals surface area contributed by atoms with Crippen LogP contribution in [0.1, 0.15) is 58.2 Å². The molecule has 2 saturated carbocycles. The normalized spacial score (nSPS) is 23.8. The molecule has 0 aliphatic heterocycles. The monoisotopic (exact) mass is 378 g/mol. The Morgan fingerprint density at radius 3 is 2.50 bits per heavy atom. The largest absolute Gasteiger partial charge is 0.462 e. The van der Waals surface area contributed by atoms with Gasteiger partial charge in [-0.05, 0) is 50.5 Å². The highest BCUT2D eigenvalue weighted by molar-refractivity contribution is 7.18. The van der Waals surface area contributed by atoms with Crippen LogP contribution in [0.5, 0.6) is 0 Å². The molecule has 1 aromatic heterocycles. The van der Waals surface area contributed by atoms with E-state index in [1.165, 1.54) is 11.3 Å². The SMILES string of the molecule is CCOC(=O)c1c(NC(=O)[C@H]2C[C@H]3CC[C@H]2C3)sc(C(=O)N(C)C)c1C. The lowest BCUT2D eigenvalue weighted by atomic mass is 9.88. The molecule has 2 amide bonds. The van der Waals surface area contributed by atoms with Gasteiger partial charge in [0, 0.05) is 20.0 Å². The summed E-state index contributed by atoms with van der Waals surface area (Å²) in [7, 11) is 3.33. The molecule has 3 rings (SSSR count). The van der Waals surface area contributed by atoms with Crippen molar-refractivity contribution in [2.24, 2.45) is 17.8 Å². The summed E-state index contributed by atoms with van der Waals surface area (Å²) in [5.74, 6) is 0.416. The number of fused-ring (bicyclic) bond motifs is 2. The summed E-state index contributed by atoms with van der Waals surface area (Å²) in [6.45, 7) is 3.70. The summed E-state index contributed by atoms with van der Waals surface area (Å²) in [6, 6.07) is 0. The van der Waals surface area contributed by atoms with E-state index in [0.29, 0.717) is 32.8 Å². The van der Waals surface area contributed by atoms with Gasteiger partial charge in [0.15, 0.2) is 0 Å². The Labute approximate surface area is 157 Å². The summed E-state index contributed by atoms with van der Waals surface area (Å²) in [5, 5.41) is 3.37. The van der Waals surface area contributed by atoms with Crippen molar-refractivity contribution in [3.05, 3.63) is 16.0 Å². The van der Waals surface area contributed by atoms with Gasteiger partial charge in [-0.1, -0.05) is 6.42 Å². The molecule has 1 aromatic rings. The number of anilines is 1. The van der Waals surface area contributed by atoms with Gasteiger partial charge in [0.25, 0.3) is 5.91 Å². The second-order valence-electron chi connectivity index (χ2n) is 7.45. The molecule has 7 heteroatoms. The first kappa shape index (κ1) is 18.9. The second-order valence-corrected chi connectivity index (χ2v) is 8.47. The number of carbonyl (C=O) groups is 3. The van der Waals surface area contributed by atoms with Crippen LogP contribution in [0.15, 0.2) is 0 Å². The molecule has 2 aliphatic carbocycles. The van der Waals surface area contributed by atoms with Gasteiger partial charge >= 0.3 is 5.97 Å². The van der Waals surface area contributed by atoms with Crippen molar-refractivity contribution in [3.8, 4) is 0 Å². The predicted octanol–water partition coefficient (Wildman–Crippen LogP) is 3.31. The number of rotatable bonds is 5. The Morgan fingerprint density at radius 2 is 1.96 bits per heavy atom. The van der Waals surface area contributed by atoms with Crippen molar-refractivity contribution in [1.29, 1.82) is 0 Å². The molecule has 26 heavy (non-hydrogen) atoms. The standard InChI is InChI=1S/C19H26N2O4S/c1-5-25-19(24)14-10(2)15(18(23)21(3)4)26-17(14)20-16(22)13-9-11-6-7-12(13)8-11/h11-13H,5-9H2,1-4H3,(H,20,22)/t11-,12-,13-/m0/s1. The molecule has 3 atom stereocenters. The number of hydrogen-bond donors (Lipinski definition) is 1.